The molecule has 3 rings (SSSR count). The number of hydrogen-bond donors (Lipinski definition) is 2. The van der Waals surface area contributed by atoms with E-state index in [1.807, 2.05) is 30.3 Å². The summed E-state index contributed by atoms with van der Waals surface area (Å²) in [5.41, 5.74) is 0.207. The zero-order valence-electron chi connectivity index (χ0n) is 14.8. The third kappa shape index (κ3) is 4.19. The van der Waals surface area contributed by atoms with Crippen LogP contribution in [-0.4, -0.2) is 44.1 Å². The summed E-state index contributed by atoms with van der Waals surface area (Å²) in [4.78, 5) is 34.4. The van der Waals surface area contributed by atoms with Gasteiger partial charge in [0, 0.05) is 25.4 Å². The first-order valence-electron chi connectivity index (χ1n) is 8.81. The van der Waals surface area contributed by atoms with Crippen LogP contribution in [0.15, 0.2) is 42.7 Å². The zero-order valence-corrected chi connectivity index (χ0v) is 15.5. The van der Waals surface area contributed by atoms with Gasteiger partial charge in [-0.05, 0) is 24.8 Å². The Hall–Kier alpha value is -2.67. The van der Waals surface area contributed by atoms with Crippen LogP contribution in [0.2, 0.25) is 5.15 Å². The number of halogens is 1. The molecule has 1 aliphatic rings. The molecule has 1 aliphatic heterocycles. The second-order valence-electron chi connectivity index (χ2n) is 6.56. The average molecular weight is 389 g/mol. The van der Waals surface area contributed by atoms with Gasteiger partial charge >= 0.3 is 6.09 Å². The summed E-state index contributed by atoms with van der Waals surface area (Å²) < 4.78 is 0. The quantitative estimate of drug-likeness (QED) is 0.821. The van der Waals surface area contributed by atoms with E-state index in [0.29, 0.717) is 25.1 Å². The van der Waals surface area contributed by atoms with Crippen molar-refractivity contribution in [2.75, 3.05) is 6.54 Å². The fraction of sp³-hybridized carbons (Fsp3) is 0.368. The third-order valence-corrected chi connectivity index (χ3v) is 5.19. The van der Waals surface area contributed by atoms with E-state index in [4.69, 9.17) is 11.6 Å². The van der Waals surface area contributed by atoms with Crippen molar-refractivity contribution in [2.24, 2.45) is 0 Å². The monoisotopic (exact) mass is 388 g/mol. The van der Waals surface area contributed by atoms with E-state index in [0.717, 1.165) is 18.4 Å². The van der Waals surface area contributed by atoms with Crippen molar-refractivity contribution >= 4 is 23.6 Å². The molecular weight excluding hydrogens is 368 g/mol. The minimum atomic E-state index is -1.15. The van der Waals surface area contributed by atoms with Crippen molar-refractivity contribution in [3.8, 4) is 0 Å². The van der Waals surface area contributed by atoms with Crippen LogP contribution < -0.4 is 5.32 Å². The molecule has 1 atom stereocenters. The Morgan fingerprint density at radius 1 is 1.19 bits per heavy atom. The number of benzene rings is 1. The highest BCUT2D eigenvalue weighted by atomic mass is 35.5. The van der Waals surface area contributed by atoms with Crippen LogP contribution in [0.5, 0.6) is 0 Å². The number of carboxylic acid groups (broad SMARTS) is 1. The summed E-state index contributed by atoms with van der Waals surface area (Å²) in [5.74, 6) is -0.338. The molecule has 0 saturated carbocycles. The molecule has 1 aromatic heterocycles. The van der Waals surface area contributed by atoms with Gasteiger partial charge in [-0.3, -0.25) is 14.7 Å². The van der Waals surface area contributed by atoms with E-state index in [1.54, 1.807) is 0 Å². The van der Waals surface area contributed by atoms with Gasteiger partial charge in [0.25, 0.3) is 0 Å². The lowest BCUT2D eigenvalue weighted by Gasteiger charge is -2.44. The highest BCUT2D eigenvalue weighted by Crippen LogP contribution is 2.32. The summed E-state index contributed by atoms with van der Waals surface area (Å²) in [6, 6.07) is 9.47. The number of likely N-dealkylation sites (tertiary alicyclic amines) is 1. The summed E-state index contributed by atoms with van der Waals surface area (Å²) in [6.45, 7) is 0.428. The van der Waals surface area contributed by atoms with Crippen molar-refractivity contribution in [1.82, 2.24) is 20.2 Å². The van der Waals surface area contributed by atoms with E-state index in [2.05, 4.69) is 15.3 Å². The summed E-state index contributed by atoms with van der Waals surface area (Å²) in [5, 5.41) is 12.8. The number of piperidine rings is 1. The molecule has 2 N–H and O–H groups in total. The molecule has 0 radical (unpaired) electrons. The van der Waals surface area contributed by atoms with Gasteiger partial charge in [0.1, 0.15) is 5.54 Å². The summed E-state index contributed by atoms with van der Waals surface area (Å²) >= 11 is 6.01. The molecular formula is C19H21ClN4O3. The second kappa shape index (κ2) is 8.35. The maximum atomic E-state index is 13.2. The van der Waals surface area contributed by atoms with Crippen molar-refractivity contribution in [2.45, 2.75) is 37.8 Å². The minimum absolute atomic E-state index is 0.0928. The van der Waals surface area contributed by atoms with Crippen LogP contribution in [0.3, 0.4) is 0 Å². The first kappa shape index (κ1) is 19.1. The first-order valence-corrected chi connectivity index (χ1v) is 9.19. The van der Waals surface area contributed by atoms with Crippen LogP contribution in [-0.2, 0) is 17.8 Å². The van der Waals surface area contributed by atoms with Crippen molar-refractivity contribution in [1.29, 1.82) is 0 Å². The van der Waals surface area contributed by atoms with Gasteiger partial charge in [0.05, 0.1) is 12.2 Å². The number of carbonyl (C=O) groups is 2. The van der Waals surface area contributed by atoms with Crippen molar-refractivity contribution < 1.29 is 14.7 Å². The van der Waals surface area contributed by atoms with Crippen LogP contribution in [0.25, 0.3) is 0 Å². The van der Waals surface area contributed by atoms with Gasteiger partial charge in [-0.2, -0.15) is 0 Å². The first-order chi connectivity index (χ1) is 13.0. The van der Waals surface area contributed by atoms with Gasteiger partial charge in [-0.15, -0.1) is 0 Å². The molecule has 1 unspecified atom stereocenters. The number of carbonyl (C=O) groups excluding carboxylic acids is 1. The van der Waals surface area contributed by atoms with Gasteiger partial charge in [-0.1, -0.05) is 41.9 Å². The average Bonchev–Trinajstić information content (AvgIpc) is 2.68. The van der Waals surface area contributed by atoms with Gasteiger partial charge in [0.15, 0.2) is 5.15 Å². The predicted molar refractivity (Wildman–Crippen MR) is 100 cm³/mol. The number of nitrogens with zero attached hydrogens (tertiary/aromatic N) is 3. The lowest BCUT2D eigenvalue weighted by atomic mass is 9.80. The van der Waals surface area contributed by atoms with Gasteiger partial charge < -0.3 is 10.4 Å². The Bertz CT molecular complexity index is 818. The Labute approximate surface area is 162 Å². The maximum absolute atomic E-state index is 13.2. The molecule has 1 aromatic carbocycles. The Balaban J connectivity index is 1.87. The molecule has 27 heavy (non-hydrogen) atoms. The molecule has 7 nitrogen and oxygen atoms in total. The summed E-state index contributed by atoms with van der Waals surface area (Å²) in [7, 11) is 0. The van der Waals surface area contributed by atoms with Crippen LogP contribution in [0.4, 0.5) is 4.79 Å². The number of rotatable bonds is 5. The smallest absolute Gasteiger partial charge is 0.408 e. The zero-order chi connectivity index (χ0) is 19.3. The lowest BCUT2D eigenvalue weighted by molar-refractivity contribution is -0.134. The largest absolute Gasteiger partial charge is 0.465 e. The van der Waals surface area contributed by atoms with Crippen molar-refractivity contribution in [3.05, 3.63) is 59.1 Å². The SMILES string of the molecule is O=C(O)N1CCCCC1(Cc1ccccc1)C(=O)NCc1nccnc1Cl. The Kier molecular flexibility index (Phi) is 5.91. The van der Waals surface area contributed by atoms with E-state index in [-0.39, 0.29) is 17.6 Å². The van der Waals surface area contributed by atoms with Crippen LogP contribution in [0, 0.1) is 0 Å². The highest BCUT2D eigenvalue weighted by Gasteiger charge is 2.47. The molecule has 1 fully saturated rings. The molecule has 0 bridgehead atoms. The number of hydrogen-bond acceptors (Lipinski definition) is 4. The predicted octanol–water partition coefficient (Wildman–Crippen LogP) is 2.89. The Morgan fingerprint density at radius 2 is 1.93 bits per heavy atom. The molecule has 2 amide bonds. The standard InChI is InChI=1S/C19H21ClN4O3/c20-16-15(21-9-10-22-16)13-23-17(25)19(12-14-6-2-1-3-7-14)8-4-5-11-24(19)18(26)27/h1-3,6-7,9-10H,4-5,8,11-13H2,(H,23,25)(H,26,27). The molecule has 142 valence electrons. The number of aromatic nitrogens is 2. The molecule has 8 heteroatoms. The molecule has 0 aliphatic carbocycles. The van der Waals surface area contributed by atoms with Crippen LogP contribution in [0.1, 0.15) is 30.5 Å². The van der Waals surface area contributed by atoms with Crippen LogP contribution >= 0.6 is 11.6 Å². The number of amides is 2. The third-order valence-electron chi connectivity index (χ3n) is 4.87. The van der Waals surface area contributed by atoms with E-state index < -0.39 is 11.6 Å². The molecule has 0 spiro atoms. The normalized spacial score (nSPS) is 19.5. The minimum Gasteiger partial charge on any atom is -0.465 e. The Morgan fingerprint density at radius 3 is 2.63 bits per heavy atom. The molecule has 1 saturated heterocycles. The van der Waals surface area contributed by atoms with E-state index in [1.165, 1.54) is 17.3 Å². The molecule has 2 heterocycles. The second-order valence-corrected chi connectivity index (χ2v) is 6.92. The summed E-state index contributed by atoms with van der Waals surface area (Å²) in [6.07, 6.45) is 4.20. The lowest BCUT2D eigenvalue weighted by Crippen LogP contribution is -2.63. The number of nitrogens with one attached hydrogen (secondary N) is 1. The van der Waals surface area contributed by atoms with Gasteiger partial charge in [-0.25, -0.2) is 9.78 Å². The maximum Gasteiger partial charge on any atom is 0.408 e. The van der Waals surface area contributed by atoms with E-state index in [9.17, 15) is 14.7 Å². The fourth-order valence-electron chi connectivity index (χ4n) is 3.55. The fourth-order valence-corrected chi connectivity index (χ4v) is 3.72. The van der Waals surface area contributed by atoms with Gasteiger partial charge in [0.2, 0.25) is 5.91 Å². The topological polar surface area (TPSA) is 95.4 Å². The van der Waals surface area contributed by atoms with Crippen molar-refractivity contribution in [3.63, 3.8) is 0 Å². The molecule has 2 aromatic rings. The highest BCUT2D eigenvalue weighted by molar-refractivity contribution is 6.30. The van der Waals surface area contributed by atoms with E-state index >= 15 is 0 Å².